The lowest BCUT2D eigenvalue weighted by atomic mass is 10.1. The zero-order chi connectivity index (χ0) is 19.4. The van der Waals surface area contributed by atoms with Crippen molar-refractivity contribution in [1.82, 2.24) is 4.90 Å². The van der Waals surface area contributed by atoms with Gasteiger partial charge in [0, 0.05) is 24.8 Å². The summed E-state index contributed by atoms with van der Waals surface area (Å²) in [5, 5.41) is 0. The van der Waals surface area contributed by atoms with Crippen LogP contribution in [-0.2, 0) is 9.53 Å². The number of hydrogen-bond acceptors (Lipinski definition) is 3. The highest BCUT2D eigenvalue weighted by Crippen LogP contribution is 2.23. The van der Waals surface area contributed by atoms with Crippen LogP contribution in [0.2, 0.25) is 0 Å². The molecule has 2 aromatic carbocycles. The van der Waals surface area contributed by atoms with Crippen LogP contribution in [0, 0.1) is 17.5 Å². The lowest BCUT2D eigenvalue weighted by molar-refractivity contribution is -0.137. The molecule has 1 aliphatic rings. The molecule has 1 fully saturated rings. The Hall–Kier alpha value is -2.54. The number of morpholine rings is 1. The number of likely N-dealkylation sites (N-methyl/N-ethyl adjacent to an activating group) is 1. The van der Waals surface area contributed by atoms with Crippen LogP contribution in [0.15, 0.2) is 42.5 Å². The number of halogens is 3. The predicted molar refractivity (Wildman–Crippen MR) is 95.9 cm³/mol. The maximum Gasteiger partial charge on any atom is 0.242 e. The van der Waals surface area contributed by atoms with E-state index in [2.05, 4.69) is 0 Å². The second kappa shape index (κ2) is 8.43. The maximum atomic E-state index is 13.5. The van der Waals surface area contributed by atoms with Crippen LogP contribution in [0.4, 0.5) is 18.9 Å². The zero-order valence-electron chi connectivity index (χ0n) is 15.0. The van der Waals surface area contributed by atoms with Gasteiger partial charge in [-0.2, -0.15) is 0 Å². The van der Waals surface area contributed by atoms with E-state index in [1.807, 2.05) is 6.92 Å². The third-order valence-electron chi connectivity index (χ3n) is 4.64. The van der Waals surface area contributed by atoms with Gasteiger partial charge in [-0.25, -0.2) is 13.2 Å². The van der Waals surface area contributed by atoms with Gasteiger partial charge in [0.2, 0.25) is 5.91 Å². The topological polar surface area (TPSA) is 32.8 Å². The average molecular weight is 378 g/mol. The van der Waals surface area contributed by atoms with Crippen molar-refractivity contribution in [2.24, 2.45) is 0 Å². The monoisotopic (exact) mass is 378 g/mol. The smallest absolute Gasteiger partial charge is 0.242 e. The first-order valence-electron chi connectivity index (χ1n) is 8.82. The lowest BCUT2D eigenvalue weighted by Gasteiger charge is -2.35. The molecule has 0 saturated carbocycles. The molecule has 0 spiro atoms. The summed E-state index contributed by atoms with van der Waals surface area (Å²) >= 11 is 0. The van der Waals surface area contributed by atoms with E-state index in [1.54, 1.807) is 21.9 Å². The zero-order valence-corrected chi connectivity index (χ0v) is 15.0. The summed E-state index contributed by atoms with van der Waals surface area (Å²) in [6.07, 6.45) is -0.318. The molecule has 1 aliphatic heterocycles. The number of amides is 1. The molecular weight excluding hydrogens is 357 g/mol. The van der Waals surface area contributed by atoms with E-state index in [1.165, 1.54) is 18.2 Å². The van der Waals surface area contributed by atoms with E-state index in [4.69, 9.17) is 4.74 Å². The van der Waals surface area contributed by atoms with Gasteiger partial charge in [-0.1, -0.05) is 12.1 Å². The Morgan fingerprint density at radius 2 is 1.89 bits per heavy atom. The Morgan fingerprint density at radius 1 is 1.15 bits per heavy atom. The molecule has 0 N–H and O–H groups in total. The minimum absolute atomic E-state index is 0.0533. The molecule has 27 heavy (non-hydrogen) atoms. The van der Waals surface area contributed by atoms with Gasteiger partial charge in [0.05, 0.1) is 19.7 Å². The Labute approximate surface area is 156 Å². The van der Waals surface area contributed by atoms with Crippen LogP contribution in [0.25, 0.3) is 0 Å². The Bertz CT molecular complexity index is 798. The van der Waals surface area contributed by atoms with Crippen molar-refractivity contribution < 1.29 is 22.7 Å². The first-order chi connectivity index (χ1) is 13.0. The Morgan fingerprint density at radius 3 is 2.56 bits per heavy atom. The fourth-order valence-electron chi connectivity index (χ4n) is 3.09. The van der Waals surface area contributed by atoms with Gasteiger partial charge >= 0.3 is 0 Å². The van der Waals surface area contributed by atoms with Crippen molar-refractivity contribution in [1.29, 1.82) is 0 Å². The SMILES string of the molecule is CCN(CC(=O)N1CCOC(c2ccc(F)cc2)C1)c1ccc(F)c(F)c1. The highest BCUT2D eigenvalue weighted by atomic mass is 19.2. The Kier molecular flexibility index (Phi) is 6.01. The molecule has 3 rings (SSSR count). The van der Waals surface area contributed by atoms with Crippen LogP contribution < -0.4 is 4.90 Å². The van der Waals surface area contributed by atoms with Crippen molar-refractivity contribution in [3.05, 3.63) is 65.5 Å². The average Bonchev–Trinajstić information content (AvgIpc) is 2.69. The molecule has 0 aliphatic carbocycles. The van der Waals surface area contributed by atoms with Crippen LogP contribution >= 0.6 is 0 Å². The molecule has 0 aromatic heterocycles. The molecule has 0 radical (unpaired) electrons. The van der Waals surface area contributed by atoms with Gasteiger partial charge in [0.1, 0.15) is 11.9 Å². The third kappa shape index (κ3) is 4.60. The first-order valence-corrected chi connectivity index (χ1v) is 8.82. The largest absolute Gasteiger partial charge is 0.370 e. The standard InChI is InChI=1S/C20H21F3N2O2/c1-2-24(16-7-8-17(22)18(23)11-16)13-20(26)25-9-10-27-19(12-25)14-3-5-15(21)6-4-14/h3-8,11,19H,2,9-10,12-13H2,1H3. The molecule has 4 nitrogen and oxygen atoms in total. The second-order valence-electron chi connectivity index (χ2n) is 6.36. The van der Waals surface area contributed by atoms with Crippen molar-refractivity contribution in [3.8, 4) is 0 Å². The summed E-state index contributed by atoms with van der Waals surface area (Å²) in [5.74, 6) is -2.32. The Balaban J connectivity index is 1.66. The van der Waals surface area contributed by atoms with Crippen LogP contribution in [0.3, 0.4) is 0 Å². The number of anilines is 1. The highest BCUT2D eigenvalue weighted by molar-refractivity contribution is 5.81. The fraction of sp³-hybridized carbons (Fsp3) is 0.350. The van der Waals surface area contributed by atoms with E-state index in [0.29, 0.717) is 31.9 Å². The van der Waals surface area contributed by atoms with E-state index < -0.39 is 11.6 Å². The minimum atomic E-state index is -0.943. The highest BCUT2D eigenvalue weighted by Gasteiger charge is 2.26. The quantitative estimate of drug-likeness (QED) is 0.798. The van der Waals surface area contributed by atoms with Gasteiger partial charge in [0.25, 0.3) is 0 Å². The van der Waals surface area contributed by atoms with Gasteiger partial charge in [-0.05, 0) is 36.8 Å². The van der Waals surface area contributed by atoms with Crippen molar-refractivity contribution in [2.75, 3.05) is 37.7 Å². The molecule has 1 saturated heterocycles. The second-order valence-corrected chi connectivity index (χ2v) is 6.36. The van der Waals surface area contributed by atoms with Gasteiger partial charge < -0.3 is 14.5 Å². The number of hydrogen-bond donors (Lipinski definition) is 0. The molecule has 7 heteroatoms. The molecule has 0 bridgehead atoms. The number of rotatable bonds is 5. The molecule has 1 amide bonds. The van der Waals surface area contributed by atoms with Gasteiger partial charge in [0.15, 0.2) is 11.6 Å². The van der Waals surface area contributed by atoms with E-state index in [9.17, 15) is 18.0 Å². The van der Waals surface area contributed by atoms with Crippen LogP contribution in [0.1, 0.15) is 18.6 Å². The van der Waals surface area contributed by atoms with E-state index in [0.717, 1.165) is 17.7 Å². The van der Waals surface area contributed by atoms with Crippen molar-refractivity contribution in [3.63, 3.8) is 0 Å². The number of benzene rings is 2. The number of carbonyl (C=O) groups excluding carboxylic acids is 1. The maximum absolute atomic E-state index is 13.5. The molecular formula is C20H21F3N2O2. The number of nitrogens with zero attached hydrogens (tertiary/aromatic N) is 2. The summed E-state index contributed by atoms with van der Waals surface area (Å²) in [6.45, 7) is 3.56. The number of carbonyl (C=O) groups is 1. The molecule has 1 heterocycles. The number of ether oxygens (including phenoxy) is 1. The molecule has 1 unspecified atom stereocenters. The molecule has 144 valence electrons. The van der Waals surface area contributed by atoms with Crippen LogP contribution in [-0.4, -0.2) is 43.6 Å². The summed E-state index contributed by atoms with van der Waals surface area (Å²) < 4.78 is 45.4. The normalized spacial score (nSPS) is 17.0. The summed E-state index contributed by atoms with van der Waals surface area (Å²) in [5.41, 5.74) is 1.26. The fourth-order valence-corrected chi connectivity index (χ4v) is 3.09. The van der Waals surface area contributed by atoms with Gasteiger partial charge in [-0.15, -0.1) is 0 Å². The molecule has 2 aromatic rings. The first kappa shape index (κ1) is 19.2. The van der Waals surface area contributed by atoms with Gasteiger partial charge in [-0.3, -0.25) is 4.79 Å². The van der Waals surface area contributed by atoms with E-state index >= 15 is 0 Å². The molecule has 1 atom stereocenters. The summed E-state index contributed by atoms with van der Waals surface area (Å²) in [7, 11) is 0. The van der Waals surface area contributed by atoms with Crippen molar-refractivity contribution >= 4 is 11.6 Å². The predicted octanol–water partition coefficient (Wildman–Crippen LogP) is 3.53. The third-order valence-corrected chi connectivity index (χ3v) is 4.64. The van der Waals surface area contributed by atoms with Crippen LogP contribution in [0.5, 0.6) is 0 Å². The lowest BCUT2D eigenvalue weighted by Crippen LogP contribution is -2.46. The van der Waals surface area contributed by atoms with E-state index in [-0.39, 0.29) is 24.4 Å². The summed E-state index contributed by atoms with van der Waals surface area (Å²) in [6, 6.07) is 9.61. The summed E-state index contributed by atoms with van der Waals surface area (Å²) in [4.78, 5) is 16.1. The van der Waals surface area contributed by atoms with Crippen molar-refractivity contribution in [2.45, 2.75) is 13.0 Å². The minimum Gasteiger partial charge on any atom is -0.370 e.